The number of fused-ring (bicyclic) bond motifs is 9. The van der Waals surface area contributed by atoms with Gasteiger partial charge in [-0.25, -0.2) is 9.97 Å². The first-order valence-electron chi connectivity index (χ1n) is 16.9. The van der Waals surface area contributed by atoms with E-state index in [2.05, 4.69) is 143 Å². The minimum Gasteiger partial charge on any atom is -0.309 e. The summed E-state index contributed by atoms with van der Waals surface area (Å²) in [5, 5.41) is 5.14. The molecule has 0 unspecified atom stereocenters. The Bertz CT molecular complexity index is 2700. The first-order chi connectivity index (χ1) is 23.8. The number of nitrogens with zero attached hydrogens (tertiary/aromatic N) is 4. The van der Waals surface area contributed by atoms with E-state index in [-0.39, 0.29) is 0 Å². The monoisotopic (exact) mass is 614 g/mol. The van der Waals surface area contributed by atoms with Gasteiger partial charge in [0.15, 0.2) is 0 Å². The summed E-state index contributed by atoms with van der Waals surface area (Å²) < 4.78 is 4.83. The highest BCUT2D eigenvalue weighted by Gasteiger charge is 2.26. The maximum Gasteiger partial charge on any atom is 0.235 e. The van der Waals surface area contributed by atoms with Gasteiger partial charge in [0.05, 0.1) is 33.5 Å². The Morgan fingerprint density at radius 3 is 1.52 bits per heavy atom. The number of rotatable bonds is 4. The van der Waals surface area contributed by atoms with Crippen LogP contribution in [0.1, 0.15) is 22.3 Å². The maximum atomic E-state index is 5.32. The predicted molar refractivity (Wildman–Crippen MR) is 196 cm³/mol. The van der Waals surface area contributed by atoms with Crippen molar-refractivity contribution in [2.45, 2.75) is 25.7 Å². The van der Waals surface area contributed by atoms with Crippen LogP contribution in [0.4, 0.5) is 0 Å². The van der Waals surface area contributed by atoms with E-state index in [9.17, 15) is 0 Å². The van der Waals surface area contributed by atoms with Crippen molar-refractivity contribution in [1.29, 1.82) is 0 Å². The zero-order chi connectivity index (χ0) is 31.3. The molecule has 0 N–H and O–H groups in total. The molecule has 0 saturated carbocycles. The van der Waals surface area contributed by atoms with E-state index in [0.29, 0.717) is 5.95 Å². The number of para-hydroxylation sites is 1. The lowest BCUT2D eigenvalue weighted by molar-refractivity contribution is 0.842. The summed E-state index contributed by atoms with van der Waals surface area (Å²) in [6, 6.07) is 48.3. The minimum atomic E-state index is 0.693. The molecule has 11 rings (SSSR count). The third-order valence-electron chi connectivity index (χ3n) is 10.7. The summed E-state index contributed by atoms with van der Waals surface area (Å²) in [7, 11) is 0. The van der Waals surface area contributed by atoms with Crippen molar-refractivity contribution in [1.82, 2.24) is 19.1 Å². The van der Waals surface area contributed by atoms with E-state index >= 15 is 0 Å². The Kier molecular flexibility index (Phi) is 5.31. The molecular formula is C44H30N4. The van der Waals surface area contributed by atoms with E-state index in [4.69, 9.17) is 9.97 Å². The van der Waals surface area contributed by atoms with Crippen LogP contribution in [-0.2, 0) is 25.7 Å². The summed E-state index contributed by atoms with van der Waals surface area (Å²) in [6.45, 7) is 0. The molecule has 0 aliphatic heterocycles. The van der Waals surface area contributed by atoms with Gasteiger partial charge in [0.2, 0.25) is 5.95 Å². The molecule has 3 heterocycles. The highest BCUT2D eigenvalue weighted by Crippen LogP contribution is 2.45. The molecule has 3 aromatic heterocycles. The quantitative estimate of drug-likeness (QED) is 0.198. The molecule has 48 heavy (non-hydrogen) atoms. The molecule has 0 amide bonds. The lowest BCUT2D eigenvalue weighted by atomic mass is 9.87. The van der Waals surface area contributed by atoms with Gasteiger partial charge in [-0.2, -0.15) is 0 Å². The van der Waals surface area contributed by atoms with Crippen LogP contribution < -0.4 is 0 Å². The van der Waals surface area contributed by atoms with Crippen molar-refractivity contribution >= 4 is 43.6 Å². The van der Waals surface area contributed by atoms with Crippen LogP contribution in [0.3, 0.4) is 0 Å². The predicted octanol–water partition coefficient (Wildman–Crippen LogP) is 10.2. The summed E-state index contributed by atoms with van der Waals surface area (Å²) in [5.41, 5.74) is 15.8. The first kappa shape index (κ1) is 26.1. The molecule has 2 aliphatic carbocycles. The Balaban J connectivity index is 1.30. The molecule has 0 atom stereocenters. The second-order valence-corrected chi connectivity index (χ2v) is 13.3. The van der Waals surface area contributed by atoms with Gasteiger partial charge in [0.25, 0.3) is 0 Å². The van der Waals surface area contributed by atoms with Gasteiger partial charge >= 0.3 is 0 Å². The normalized spacial score (nSPS) is 13.5. The SMILES string of the molecule is c1ccc(-c2cc(-c3ccccc3)nc(-n3c4cc5c(cc4c4c3ccc3c6cc7c(cc6n(-c6ccccc6)c34)CC7)CC5)n2)cc1. The minimum absolute atomic E-state index is 0.693. The molecule has 0 saturated heterocycles. The third kappa shape index (κ3) is 3.66. The molecule has 0 radical (unpaired) electrons. The van der Waals surface area contributed by atoms with Crippen LogP contribution in [0, 0.1) is 0 Å². The van der Waals surface area contributed by atoms with Gasteiger partial charge in [0, 0.05) is 38.4 Å². The van der Waals surface area contributed by atoms with Crippen LogP contribution in [0.5, 0.6) is 0 Å². The van der Waals surface area contributed by atoms with Crippen molar-refractivity contribution in [2.24, 2.45) is 0 Å². The summed E-state index contributed by atoms with van der Waals surface area (Å²) >= 11 is 0. The van der Waals surface area contributed by atoms with E-state index in [1.54, 1.807) is 0 Å². The van der Waals surface area contributed by atoms with Crippen LogP contribution in [0.2, 0.25) is 0 Å². The Morgan fingerprint density at radius 2 is 0.938 bits per heavy atom. The Labute approximate surface area is 277 Å². The molecule has 4 nitrogen and oxygen atoms in total. The fourth-order valence-corrected chi connectivity index (χ4v) is 8.10. The molecule has 0 bridgehead atoms. The molecule has 0 spiro atoms. The summed E-state index contributed by atoms with van der Waals surface area (Å²) in [6.07, 6.45) is 4.55. The lowest BCUT2D eigenvalue weighted by Crippen LogP contribution is -2.09. The first-order valence-corrected chi connectivity index (χ1v) is 16.9. The van der Waals surface area contributed by atoms with Gasteiger partial charge < -0.3 is 4.57 Å². The number of benzene rings is 6. The standard InChI is InChI=1S/C44H30N4/c1-4-10-27(11-5-1)37-26-38(28-12-6-2-7-13-28)46-44(45-37)48-39-21-20-34-35-22-29-16-18-31(29)24-40(35)47(33-14-8-3-9-15-33)43(34)42(39)36-23-30-17-19-32(30)25-41(36)48/h1-15,20-26H,16-19H2. The zero-order valence-electron chi connectivity index (χ0n) is 26.3. The molecular weight excluding hydrogens is 585 g/mol. The zero-order valence-corrected chi connectivity index (χ0v) is 26.3. The second-order valence-electron chi connectivity index (χ2n) is 13.3. The fraction of sp³-hybridized carbons (Fsp3) is 0.0909. The lowest BCUT2D eigenvalue weighted by Gasteiger charge is -2.19. The average molecular weight is 615 g/mol. The van der Waals surface area contributed by atoms with Crippen LogP contribution in [-0.4, -0.2) is 19.1 Å². The number of aryl methyl sites for hydroxylation is 4. The smallest absolute Gasteiger partial charge is 0.235 e. The number of hydrogen-bond donors (Lipinski definition) is 0. The van der Waals surface area contributed by atoms with Gasteiger partial charge in [-0.3, -0.25) is 4.57 Å². The molecule has 2 aliphatic rings. The Hall–Kier alpha value is -6.00. The van der Waals surface area contributed by atoms with Crippen LogP contribution in [0.25, 0.3) is 77.8 Å². The van der Waals surface area contributed by atoms with Crippen molar-refractivity contribution < 1.29 is 0 Å². The average Bonchev–Trinajstić information content (AvgIpc) is 3.62. The molecule has 6 aromatic carbocycles. The molecule has 226 valence electrons. The molecule has 4 heteroatoms. The number of aromatic nitrogens is 4. The van der Waals surface area contributed by atoms with Crippen molar-refractivity contribution in [3.05, 3.63) is 156 Å². The van der Waals surface area contributed by atoms with Crippen LogP contribution in [0.15, 0.2) is 133 Å². The van der Waals surface area contributed by atoms with E-state index in [1.807, 2.05) is 0 Å². The topological polar surface area (TPSA) is 35.6 Å². The van der Waals surface area contributed by atoms with E-state index in [0.717, 1.165) is 59.2 Å². The summed E-state index contributed by atoms with van der Waals surface area (Å²) in [4.78, 5) is 10.6. The molecule has 9 aromatic rings. The highest BCUT2D eigenvalue weighted by molar-refractivity contribution is 6.26. The van der Waals surface area contributed by atoms with E-state index < -0.39 is 0 Å². The summed E-state index contributed by atoms with van der Waals surface area (Å²) in [5.74, 6) is 0.693. The van der Waals surface area contributed by atoms with Crippen molar-refractivity contribution in [2.75, 3.05) is 0 Å². The second kappa shape index (κ2) is 9.76. The van der Waals surface area contributed by atoms with Crippen molar-refractivity contribution in [3.63, 3.8) is 0 Å². The third-order valence-corrected chi connectivity index (χ3v) is 10.7. The van der Waals surface area contributed by atoms with Gasteiger partial charge in [-0.05, 0) is 96.5 Å². The number of hydrogen-bond acceptors (Lipinski definition) is 2. The van der Waals surface area contributed by atoms with Gasteiger partial charge in [0.1, 0.15) is 0 Å². The van der Waals surface area contributed by atoms with Crippen molar-refractivity contribution in [3.8, 4) is 34.2 Å². The highest BCUT2D eigenvalue weighted by atomic mass is 15.2. The maximum absolute atomic E-state index is 5.32. The van der Waals surface area contributed by atoms with Gasteiger partial charge in [-0.15, -0.1) is 0 Å². The largest absolute Gasteiger partial charge is 0.309 e. The van der Waals surface area contributed by atoms with Gasteiger partial charge in [-0.1, -0.05) is 84.9 Å². The molecule has 0 fully saturated rings. The van der Waals surface area contributed by atoms with Crippen LogP contribution >= 0.6 is 0 Å². The fourth-order valence-electron chi connectivity index (χ4n) is 8.10. The van der Waals surface area contributed by atoms with E-state index in [1.165, 1.54) is 60.5 Å². The Morgan fingerprint density at radius 1 is 0.417 bits per heavy atom.